The zero-order valence-corrected chi connectivity index (χ0v) is 13.2. The van der Waals surface area contributed by atoms with E-state index in [0.29, 0.717) is 6.20 Å². The molecule has 2 aromatic rings. The second-order valence-electron chi connectivity index (χ2n) is 4.81. The molecule has 0 aliphatic carbocycles. The summed E-state index contributed by atoms with van der Waals surface area (Å²) in [5.74, 6) is -8.10. The minimum absolute atomic E-state index is 0.0682. The van der Waals surface area contributed by atoms with Crippen LogP contribution in [0, 0.1) is 0 Å². The van der Waals surface area contributed by atoms with Gasteiger partial charge in [0.1, 0.15) is 0 Å². The average Bonchev–Trinajstić information content (AvgIpc) is 2.91. The van der Waals surface area contributed by atoms with Crippen molar-refractivity contribution >= 4 is 16.0 Å². The fraction of sp³-hybridized carbons (Fsp3) is 0.214. The van der Waals surface area contributed by atoms with Crippen molar-refractivity contribution in [2.75, 3.05) is 0 Å². The van der Waals surface area contributed by atoms with Crippen LogP contribution in [0.4, 0.5) is 22.0 Å². The van der Waals surface area contributed by atoms with Gasteiger partial charge in [-0.05, 0) is 18.2 Å². The van der Waals surface area contributed by atoms with Crippen LogP contribution in [0.3, 0.4) is 0 Å². The highest BCUT2D eigenvalue weighted by molar-refractivity contribution is 7.90. The first-order valence-corrected chi connectivity index (χ1v) is 7.98. The topological polar surface area (TPSA) is 65.4 Å². The summed E-state index contributed by atoms with van der Waals surface area (Å²) in [6.07, 6.45) is -5.54. The minimum Gasteiger partial charge on any atom is -0.408 e. The van der Waals surface area contributed by atoms with Gasteiger partial charge in [0, 0.05) is 13.1 Å². The Hall–Kier alpha value is -2.43. The van der Waals surface area contributed by atoms with Crippen LogP contribution in [0.25, 0.3) is 0 Å². The van der Waals surface area contributed by atoms with Crippen LogP contribution in [-0.2, 0) is 20.7 Å². The molecule has 0 spiro atoms. The van der Waals surface area contributed by atoms with Gasteiger partial charge in [0.25, 0.3) is 10.0 Å². The molecule has 0 atom stereocenters. The molecule has 0 saturated heterocycles. The van der Waals surface area contributed by atoms with Gasteiger partial charge in [-0.15, -0.1) is 0 Å². The number of carbonyl (C=O) groups excluding carboxylic acids is 1. The lowest BCUT2D eigenvalue weighted by Gasteiger charge is -2.20. The number of halogens is 5. The maximum atomic E-state index is 13.7. The number of esters is 1. The number of carbonyl (C=O) groups is 1. The van der Waals surface area contributed by atoms with E-state index in [2.05, 4.69) is 4.74 Å². The molecule has 0 saturated carbocycles. The Balaban J connectivity index is 2.71. The predicted octanol–water partition coefficient (Wildman–Crippen LogP) is 3.30. The van der Waals surface area contributed by atoms with Crippen LogP contribution in [0.15, 0.2) is 47.5 Å². The third-order valence-corrected chi connectivity index (χ3v) is 4.72. The van der Waals surface area contributed by atoms with Crippen LogP contribution in [0.5, 0.6) is 5.88 Å². The Labute approximate surface area is 138 Å². The highest BCUT2D eigenvalue weighted by Gasteiger charge is 2.61. The summed E-state index contributed by atoms with van der Waals surface area (Å²) in [5.41, 5.74) is -1.78. The zero-order chi connectivity index (χ0) is 19.0. The lowest BCUT2D eigenvalue weighted by atomic mass is 10.1. The smallest absolute Gasteiger partial charge is 0.408 e. The van der Waals surface area contributed by atoms with Gasteiger partial charge in [-0.3, -0.25) is 4.79 Å². The molecular weight excluding hydrogens is 373 g/mol. The molecule has 0 fully saturated rings. The predicted molar refractivity (Wildman–Crippen MR) is 74.7 cm³/mol. The van der Waals surface area contributed by atoms with Crippen molar-refractivity contribution in [1.29, 1.82) is 0 Å². The van der Waals surface area contributed by atoms with Crippen LogP contribution >= 0.6 is 0 Å². The summed E-state index contributed by atoms with van der Waals surface area (Å²) < 4.78 is 94.5. The van der Waals surface area contributed by atoms with E-state index in [-0.39, 0.29) is 14.9 Å². The first kappa shape index (κ1) is 18.9. The summed E-state index contributed by atoms with van der Waals surface area (Å²) in [7, 11) is -4.56. The van der Waals surface area contributed by atoms with E-state index in [1.54, 1.807) is 0 Å². The van der Waals surface area contributed by atoms with Crippen LogP contribution in [-0.4, -0.2) is 24.5 Å². The molecule has 0 N–H and O–H groups in total. The fourth-order valence-electron chi connectivity index (χ4n) is 1.92. The number of hydrogen-bond acceptors (Lipinski definition) is 4. The molecule has 1 aromatic heterocycles. The molecule has 2 rings (SSSR count). The van der Waals surface area contributed by atoms with E-state index in [0.717, 1.165) is 19.1 Å². The largest absolute Gasteiger partial charge is 0.458 e. The van der Waals surface area contributed by atoms with Crippen LogP contribution in [0.2, 0.25) is 0 Å². The lowest BCUT2D eigenvalue weighted by molar-refractivity contribution is -0.289. The Kier molecular flexibility index (Phi) is 4.64. The quantitative estimate of drug-likeness (QED) is 0.600. The molecule has 0 amide bonds. The normalized spacial score (nSPS) is 12.9. The lowest BCUT2D eigenvalue weighted by Crippen LogP contribution is -2.34. The summed E-state index contributed by atoms with van der Waals surface area (Å²) in [4.78, 5) is 10.7. The van der Waals surface area contributed by atoms with Crippen molar-refractivity contribution in [3.63, 3.8) is 0 Å². The molecule has 0 aliphatic rings. The fourth-order valence-corrected chi connectivity index (χ4v) is 3.23. The standard InChI is InChI=1S/C14H10F5NO4S/c1-9(21)24-12-11(13(15,16)14(17,18)19)7-8-20(12)25(22,23)10-5-3-2-4-6-10/h2-8H,1H3. The van der Waals surface area contributed by atoms with Crippen molar-refractivity contribution in [1.82, 2.24) is 3.97 Å². The van der Waals surface area contributed by atoms with E-state index in [4.69, 9.17) is 0 Å². The monoisotopic (exact) mass is 383 g/mol. The van der Waals surface area contributed by atoms with Crippen molar-refractivity contribution < 1.29 is 39.9 Å². The zero-order valence-electron chi connectivity index (χ0n) is 12.4. The molecule has 0 radical (unpaired) electrons. The van der Waals surface area contributed by atoms with Crippen LogP contribution in [0.1, 0.15) is 12.5 Å². The molecule has 5 nitrogen and oxygen atoms in total. The van der Waals surface area contributed by atoms with Crippen molar-refractivity contribution in [2.45, 2.75) is 23.9 Å². The van der Waals surface area contributed by atoms with E-state index in [9.17, 15) is 35.2 Å². The summed E-state index contributed by atoms with van der Waals surface area (Å²) >= 11 is 0. The van der Waals surface area contributed by atoms with Gasteiger partial charge in [-0.2, -0.15) is 22.0 Å². The average molecular weight is 383 g/mol. The van der Waals surface area contributed by atoms with Crippen LogP contribution < -0.4 is 4.74 Å². The van der Waals surface area contributed by atoms with Gasteiger partial charge in [-0.1, -0.05) is 18.2 Å². The van der Waals surface area contributed by atoms with Crippen molar-refractivity contribution in [3.05, 3.63) is 48.2 Å². The van der Waals surface area contributed by atoms with Crippen molar-refractivity contribution in [2.24, 2.45) is 0 Å². The second-order valence-corrected chi connectivity index (χ2v) is 6.63. The third kappa shape index (κ3) is 3.36. The van der Waals surface area contributed by atoms with Crippen molar-refractivity contribution in [3.8, 4) is 5.88 Å². The van der Waals surface area contributed by atoms with E-state index in [1.165, 1.54) is 18.2 Å². The molecule has 11 heteroatoms. The number of ether oxygens (including phenoxy) is 1. The third-order valence-electron chi connectivity index (χ3n) is 3.04. The van der Waals surface area contributed by atoms with Gasteiger partial charge >= 0.3 is 18.1 Å². The maximum Gasteiger partial charge on any atom is 0.458 e. The molecule has 0 unspecified atom stereocenters. The Bertz CT molecular complexity index is 888. The van der Waals surface area contributed by atoms with E-state index < -0.39 is 39.5 Å². The summed E-state index contributed by atoms with van der Waals surface area (Å²) in [6.45, 7) is 0.738. The van der Waals surface area contributed by atoms with Gasteiger partial charge in [0.05, 0.1) is 10.5 Å². The highest BCUT2D eigenvalue weighted by Crippen LogP contribution is 2.48. The number of benzene rings is 1. The highest BCUT2D eigenvalue weighted by atomic mass is 32.2. The number of hydrogen-bond donors (Lipinski definition) is 0. The van der Waals surface area contributed by atoms with Gasteiger partial charge in [0.15, 0.2) is 0 Å². The molecule has 0 bridgehead atoms. The first-order chi connectivity index (χ1) is 11.4. The number of nitrogens with zero attached hydrogens (tertiary/aromatic N) is 1. The molecule has 136 valence electrons. The molecule has 0 aliphatic heterocycles. The minimum atomic E-state index is -6.01. The summed E-state index contributed by atoms with van der Waals surface area (Å²) in [6, 6.07) is 6.58. The van der Waals surface area contributed by atoms with Gasteiger partial charge in [-0.25, -0.2) is 12.4 Å². The Morgan fingerprint density at radius 3 is 2.08 bits per heavy atom. The second kappa shape index (κ2) is 6.14. The maximum absolute atomic E-state index is 13.7. The SMILES string of the molecule is CC(=O)Oc1c(C(F)(F)C(F)(F)F)ccn1S(=O)(=O)c1ccccc1. The number of aromatic nitrogens is 1. The molecule has 1 aromatic carbocycles. The Morgan fingerprint density at radius 2 is 1.60 bits per heavy atom. The number of alkyl halides is 5. The van der Waals surface area contributed by atoms with E-state index >= 15 is 0 Å². The first-order valence-electron chi connectivity index (χ1n) is 6.54. The van der Waals surface area contributed by atoms with Gasteiger partial charge < -0.3 is 4.74 Å². The summed E-state index contributed by atoms with van der Waals surface area (Å²) in [5, 5.41) is 0. The molecular formula is C14H10F5NO4S. The molecule has 1 heterocycles. The Morgan fingerprint density at radius 1 is 1.04 bits per heavy atom. The molecule has 25 heavy (non-hydrogen) atoms. The van der Waals surface area contributed by atoms with E-state index in [1.807, 2.05) is 0 Å². The van der Waals surface area contributed by atoms with Gasteiger partial charge in [0.2, 0.25) is 5.88 Å². The number of rotatable bonds is 4.